The van der Waals surface area contributed by atoms with Crippen molar-refractivity contribution in [3.8, 4) is 5.75 Å². The van der Waals surface area contributed by atoms with Crippen molar-refractivity contribution in [2.75, 3.05) is 10.7 Å². The molecule has 1 heterocycles. The van der Waals surface area contributed by atoms with Gasteiger partial charge in [-0.25, -0.2) is 9.98 Å². The molecule has 0 aliphatic carbocycles. The quantitative estimate of drug-likeness (QED) is 0.166. The molecule has 1 amide bonds. The number of carbonyl (C=O) groups is 1. The summed E-state index contributed by atoms with van der Waals surface area (Å²) < 4.78 is 40.8. The smallest absolute Gasteiger partial charge is 0.406 e. The van der Waals surface area contributed by atoms with Crippen molar-refractivity contribution in [2.24, 2.45) is 26.6 Å². The van der Waals surface area contributed by atoms with Gasteiger partial charge in [-0.15, -0.1) is 13.2 Å². The molecule has 46 heavy (non-hydrogen) atoms. The number of para-hydroxylation sites is 1. The maximum atomic E-state index is 13.0. The molecule has 4 rings (SSSR count). The minimum absolute atomic E-state index is 0.0953. The number of hydrogen-bond acceptors (Lipinski definition) is 4. The predicted molar refractivity (Wildman–Crippen MR) is 183 cm³/mol. The Kier molecular flexibility index (Phi) is 12.0. The fraction of sp³-hybridized carbons (Fsp3) is 0.371. The van der Waals surface area contributed by atoms with E-state index in [-0.39, 0.29) is 29.5 Å². The monoisotopic (exact) mass is 651 g/mol. The van der Waals surface area contributed by atoms with Gasteiger partial charge in [0.25, 0.3) is 0 Å². The molecule has 11 heteroatoms. The number of nitrogens with zero attached hydrogens (tertiary/aromatic N) is 4. The molecule has 3 aromatic carbocycles. The van der Waals surface area contributed by atoms with Crippen LogP contribution in [0.2, 0.25) is 0 Å². The van der Waals surface area contributed by atoms with Crippen LogP contribution in [0.4, 0.5) is 24.5 Å². The minimum Gasteiger partial charge on any atom is -0.406 e. The van der Waals surface area contributed by atoms with Crippen LogP contribution >= 0.6 is 11.8 Å². The van der Waals surface area contributed by atoms with Gasteiger partial charge in [0, 0.05) is 29.5 Å². The largest absolute Gasteiger partial charge is 0.573 e. The number of anilines is 1. The predicted octanol–water partition coefficient (Wildman–Crippen LogP) is 8.65. The van der Waals surface area contributed by atoms with Gasteiger partial charge in [-0.05, 0) is 79.5 Å². The molecule has 0 spiro atoms. The van der Waals surface area contributed by atoms with Crippen molar-refractivity contribution in [1.29, 1.82) is 0 Å². The Morgan fingerprint density at radius 3 is 2.43 bits per heavy atom. The number of ether oxygens (including phenoxy) is 1. The average molecular weight is 652 g/mol. The fourth-order valence-corrected chi connectivity index (χ4v) is 6.37. The maximum absolute atomic E-state index is 13.0. The summed E-state index contributed by atoms with van der Waals surface area (Å²) in [5.74, 6) is 1.42. The van der Waals surface area contributed by atoms with E-state index >= 15 is 0 Å². The summed E-state index contributed by atoms with van der Waals surface area (Å²) in [7, 11) is 0. The molecule has 0 bridgehead atoms. The summed E-state index contributed by atoms with van der Waals surface area (Å²) in [6.45, 7) is 8.69. The number of aliphatic imine (C=N–C) groups is 3. The highest BCUT2D eigenvalue weighted by Gasteiger charge is 2.31. The normalized spacial score (nSPS) is 17.6. The van der Waals surface area contributed by atoms with Crippen LogP contribution in [0.1, 0.15) is 69.6 Å². The molecule has 3 aromatic rings. The van der Waals surface area contributed by atoms with E-state index < -0.39 is 6.36 Å². The van der Waals surface area contributed by atoms with E-state index in [0.717, 1.165) is 41.4 Å². The number of carbonyl (C=O) groups excluding carboxylic acids is 1. The Morgan fingerprint density at radius 2 is 1.76 bits per heavy atom. The first-order valence-corrected chi connectivity index (χ1v) is 16.3. The van der Waals surface area contributed by atoms with Crippen molar-refractivity contribution in [2.45, 2.75) is 71.7 Å². The lowest BCUT2D eigenvalue weighted by Gasteiger charge is -2.37. The third-order valence-electron chi connectivity index (χ3n) is 7.61. The maximum Gasteiger partial charge on any atom is 0.573 e. The molecule has 0 saturated carbocycles. The molecular weight excluding hydrogens is 611 g/mol. The van der Waals surface area contributed by atoms with Crippen molar-refractivity contribution < 1.29 is 22.7 Å². The molecule has 0 radical (unpaired) electrons. The number of amidine groups is 2. The molecule has 2 unspecified atom stereocenters. The van der Waals surface area contributed by atoms with E-state index in [1.54, 1.807) is 11.8 Å². The summed E-state index contributed by atoms with van der Waals surface area (Å²) in [5, 5.41) is 0.790. The first-order valence-electron chi connectivity index (χ1n) is 15.3. The van der Waals surface area contributed by atoms with Crippen LogP contribution in [0.5, 0.6) is 5.75 Å². The Morgan fingerprint density at radius 1 is 1.07 bits per heavy atom. The van der Waals surface area contributed by atoms with Crippen LogP contribution in [0.3, 0.4) is 0 Å². The molecule has 7 nitrogen and oxygen atoms in total. The van der Waals surface area contributed by atoms with Crippen molar-refractivity contribution in [3.63, 3.8) is 0 Å². The number of rotatable bonds is 11. The highest BCUT2D eigenvalue weighted by molar-refractivity contribution is 8.14. The number of benzene rings is 3. The van der Waals surface area contributed by atoms with Gasteiger partial charge in [-0.1, -0.05) is 75.0 Å². The van der Waals surface area contributed by atoms with Crippen LogP contribution in [0.25, 0.3) is 0 Å². The zero-order chi connectivity index (χ0) is 33.3. The Hall–Kier alpha value is -4.12. The topological polar surface area (TPSA) is 92.6 Å². The van der Waals surface area contributed by atoms with E-state index in [0.29, 0.717) is 23.6 Å². The molecule has 2 atom stereocenters. The number of thioether (sulfide) groups is 1. The Balaban J connectivity index is 1.30. The minimum atomic E-state index is -4.75. The van der Waals surface area contributed by atoms with Gasteiger partial charge in [-0.3, -0.25) is 4.79 Å². The van der Waals surface area contributed by atoms with E-state index in [4.69, 9.17) is 5.73 Å². The molecule has 1 aliphatic rings. The van der Waals surface area contributed by atoms with Gasteiger partial charge in [0.1, 0.15) is 17.9 Å². The number of hydrogen-bond donors (Lipinski definition) is 1. The molecule has 2 N–H and O–H groups in total. The van der Waals surface area contributed by atoms with Crippen LogP contribution in [-0.2, 0) is 11.2 Å². The second kappa shape index (κ2) is 15.9. The second-order valence-electron chi connectivity index (χ2n) is 11.7. The average Bonchev–Trinajstić information content (AvgIpc) is 3.00. The van der Waals surface area contributed by atoms with Gasteiger partial charge < -0.3 is 15.4 Å². The number of halogens is 3. The lowest BCUT2D eigenvalue weighted by Crippen LogP contribution is -2.42. The third-order valence-corrected chi connectivity index (χ3v) is 8.60. The molecule has 1 fully saturated rings. The van der Waals surface area contributed by atoms with E-state index in [1.807, 2.05) is 30.3 Å². The summed E-state index contributed by atoms with van der Waals surface area (Å²) in [5.41, 5.74) is 10.7. The van der Waals surface area contributed by atoms with Crippen molar-refractivity contribution >= 4 is 46.4 Å². The van der Waals surface area contributed by atoms with Gasteiger partial charge in [-0.2, -0.15) is 4.99 Å². The van der Waals surface area contributed by atoms with Gasteiger partial charge >= 0.3 is 6.36 Å². The lowest BCUT2D eigenvalue weighted by atomic mass is 9.96. The highest BCUT2D eigenvalue weighted by Crippen LogP contribution is 2.35. The van der Waals surface area contributed by atoms with Gasteiger partial charge in [0.15, 0.2) is 5.17 Å². The summed E-state index contributed by atoms with van der Waals surface area (Å²) in [6.07, 6.45) is -0.552. The van der Waals surface area contributed by atoms with E-state index in [2.05, 4.69) is 70.5 Å². The van der Waals surface area contributed by atoms with Crippen LogP contribution in [0.15, 0.2) is 87.8 Å². The lowest BCUT2D eigenvalue weighted by molar-refractivity contribution is -0.274. The standard InChI is InChI=1S/C35H40F3N5O2S/c1-23(2)30-7-5-6-8-31(30)43-25(4)19-20-46-34(43)42-32(44)18-9-24(3)21-26-10-12-27(13-11-26)33(39)41-22-40-28-14-16-29(17-15-28)45-35(36,37)38/h5-8,10-17,22-25H,9,18-21H2,1-4H3,(H2,39,40,41). The number of amides is 1. The molecule has 1 saturated heterocycles. The highest BCUT2D eigenvalue weighted by atomic mass is 32.2. The Labute approximate surface area is 272 Å². The third kappa shape index (κ3) is 10.2. The van der Waals surface area contributed by atoms with E-state index in [9.17, 15) is 18.0 Å². The zero-order valence-electron chi connectivity index (χ0n) is 26.5. The second-order valence-corrected chi connectivity index (χ2v) is 12.8. The first kappa shape index (κ1) is 34.7. The number of nitrogens with two attached hydrogens (primary N) is 1. The number of alkyl halides is 3. The van der Waals surface area contributed by atoms with Crippen LogP contribution in [0, 0.1) is 5.92 Å². The SMILES string of the molecule is CC(CCC(=O)N=C1SCCC(C)N1c1ccccc1C(C)C)Cc1ccc(C(N)=NC=Nc2ccc(OC(F)(F)F)cc2)cc1. The molecular formula is C35H40F3N5O2S. The van der Waals surface area contributed by atoms with Crippen LogP contribution in [-0.4, -0.2) is 41.4 Å². The Bertz CT molecular complexity index is 1550. The van der Waals surface area contributed by atoms with Gasteiger partial charge in [0.2, 0.25) is 5.91 Å². The van der Waals surface area contributed by atoms with Crippen molar-refractivity contribution in [1.82, 2.24) is 0 Å². The summed E-state index contributed by atoms with van der Waals surface area (Å²) >= 11 is 1.65. The molecule has 1 aliphatic heterocycles. The van der Waals surface area contributed by atoms with E-state index in [1.165, 1.54) is 36.2 Å². The molecule has 244 valence electrons. The first-order chi connectivity index (χ1) is 21.9. The van der Waals surface area contributed by atoms with Gasteiger partial charge in [0.05, 0.1) is 5.69 Å². The summed E-state index contributed by atoms with van der Waals surface area (Å²) in [6, 6.07) is 21.5. The van der Waals surface area contributed by atoms with Crippen LogP contribution < -0.4 is 15.4 Å². The summed E-state index contributed by atoms with van der Waals surface area (Å²) in [4.78, 5) is 28.1. The zero-order valence-corrected chi connectivity index (χ0v) is 27.3. The fourth-order valence-electron chi connectivity index (χ4n) is 5.14. The molecule has 0 aromatic heterocycles. The van der Waals surface area contributed by atoms with Crippen molar-refractivity contribution in [3.05, 3.63) is 89.5 Å².